The van der Waals surface area contributed by atoms with E-state index < -0.39 is 0 Å². The summed E-state index contributed by atoms with van der Waals surface area (Å²) in [6, 6.07) is 0. The third kappa shape index (κ3) is 5.64. The summed E-state index contributed by atoms with van der Waals surface area (Å²) >= 11 is 0. The number of carbonyl (C=O) groups excluding carboxylic acids is 1. The maximum absolute atomic E-state index is 10.1. The van der Waals surface area contributed by atoms with Gasteiger partial charge in [-0.05, 0) is 25.9 Å². The van der Waals surface area contributed by atoms with Gasteiger partial charge in [-0.25, -0.2) is 0 Å². The molecule has 0 fully saturated rings. The lowest BCUT2D eigenvalue weighted by atomic mass is 10.2. The van der Waals surface area contributed by atoms with E-state index in [1.165, 1.54) is 0 Å². The van der Waals surface area contributed by atoms with Crippen LogP contribution in [0.2, 0.25) is 0 Å². The van der Waals surface area contributed by atoms with Crippen molar-refractivity contribution in [1.29, 1.82) is 0 Å². The van der Waals surface area contributed by atoms with E-state index in [1.54, 1.807) is 0 Å². The van der Waals surface area contributed by atoms with Gasteiger partial charge in [0.2, 0.25) is 0 Å². The van der Waals surface area contributed by atoms with Gasteiger partial charge in [-0.1, -0.05) is 20.8 Å². The highest BCUT2D eigenvalue weighted by Crippen LogP contribution is 2.03. The van der Waals surface area contributed by atoms with Crippen molar-refractivity contribution in [2.24, 2.45) is 0 Å². The molecule has 3 nitrogen and oxygen atoms in total. The molecule has 0 aliphatic heterocycles. The zero-order chi connectivity index (χ0) is 10.1. The molecule has 0 saturated heterocycles. The first-order chi connectivity index (χ1) is 6.28. The maximum atomic E-state index is 10.1. The molecule has 0 spiro atoms. The molecule has 78 valence electrons. The molecule has 3 heteroatoms. The molecule has 0 aliphatic rings. The van der Waals surface area contributed by atoms with Crippen LogP contribution in [0.4, 0.5) is 0 Å². The number of carbonyl (C=O) groups is 1. The number of nitrogens with zero attached hydrogens (tertiary/aromatic N) is 1. The van der Waals surface area contributed by atoms with Crippen molar-refractivity contribution in [3.63, 3.8) is 0 Å². The molecule has 0 bridgehead atoms. The first-order valence-electron chi connectivity index (χ1n) is 5.09. The first-order valence-corrected chi connectivity index (χ1v) is 5.09. The standard InChI is InChI=1S/C10H21NO2/c1-4-10(13-9-12)7-8-11(5-2)6-3/h9-10H,4-8H2,1-3H3/t10-/m1/s1. The molecule has 0 aliphatic carbocycles. The van der Waals surface area contributed by atoms with Gasteiger partial charge in [0.25, 0.3) is 6.47 Å². The summed E-state index contributed by atoms with van der Waals surface area (Å²) in [4.78, 5) is 12.5. The molecule has 0 N–H and O–H groups in total. The third-order valence-corrected chi connectivity index (χ3v) is 2.37. The van der Waals surface area contributed by atoms with E-state index in [1.807, 2.05) is 6.92 Å². The normalized spacial score (nSPS) is 12.9. The van der Waals surface area contributed by atoms with Crippen molar-refractivity contribution >= 4 is 6.47 Å². The van der Waals surface area contributed by atoms with Crippen LogP contribution in [0.1, 0.15) is 33.6 Å². The van der Waals surface area contributed by atoms with Crippen molar-refractivity contribution in [2.45, 2.75) is 39.7 Å². The van der Waals surface area contributed by atoms with Gasteiger partial charge >= 0.3 is 0 Å². The van der Waals surface area contributed by atoms with Crippen LogP contribution in [0.25, 0.3) is 0 Å². The lowest BCUT2D eigenvalue weighted by Gasteiger charge is -2.20. The van der Waals surface area contributed by atoms with Crippen LogP contribution in [0.3, 0.4) is 0 Å². The highest BCUT2D eigenvalue weighted by Gasteiger charge is 2.08. The molecule has 1 atom stereocenters. The van der Waals surface area contributed by atoms with Gasteiger partial charge in [0, 0.05) is 6.54 Å². The molecule has 0 aromatic heterocycles. The Bertz CT molecular complexity index is 124. The molecule has 0 rings (SSSR count). The van der Waals surface area contributed by atoms with Crippen LogP contribution in [0, 0.1) is 0 Å². The van der Waals surface area contributed by atoms with Crippen molar-refractivity contribution in [3.8, 4) is 0 Å². The summed E-state index contributed by atoms with van der Waals surface area (Å²) in [5.41, 5.74) is 0. The van der Waals surface area contributed by atoms with E-state index in [-0.39, 0.29) is 6.10 Å². The van der Waals surface area contributed by atoms with E-state index in [0.717, 1.165) is 32.5 Å². The van der Waals surface area contributed by atoms with Crippen molar-refractivity contribution in [1.82, 2.24) is 4.90 Å². The summed E-state index contributed by atoms with van der Waals surface area (Å²) in [5.74, 6) is 0. The van der Waals surface area contributed by atoms with Crippen LogP contribution >= 0.6 is 0 Å². The molecule has 0 aromatic carbocycles. The van der Waals surface area contributed by atoms with Gasteiger partial charge in [0.15, 0.2) is 0 Å². The summed E-state index contributed by atoms with van der Waals surface area (Å²) in [6.07, 6.45) is 1.94. The Hall–Kier alpha value is -0.570. The molecule has 0 aromatic rings. The minimum atomic E-state index is 0.0955. The van der Waals surface area contributed by atoms with E-state index in [0.29, 0.717) is 6.47 Å². The second kappa shape index (κ2) is 8.05. The van der Waals surface area contributed by atoms with Crippen LogP contribution in [-0.4, -0.2) is 37.1 Å². The zero-order valence-electron chi connectivity index (χ0n) is 8.95. The third-order valence-electron chi connectivity index (χ3n) is 2.37. The molecular formula is C10H21NO2. The molecular weight excluding hydrogens is 166 g/mol. The molecule has 0 unspecified atom stereocenters. The van der Waals surface area contributed by atoms with Crippen molar-refractivity contribution < 1.29 is 9.53 Å². The summed E-state index contributed by atoms with van der Waals surface area (Å²) in [5, 5.41) is 0. The van der Waals surface area contributed by atoms with E-state index in [2.05, 4.69) is 18.7 Å². The average Bonchev–Trinajstić information content (AvgIpc) is 2.17. The van der Waals surface area contributed by atoms with Crippen LogP contribution < -0.4 is 0 Å². The van der Waals surface area contributed by atoms with Crippen molar-refractivity contribution in [3.05, 3.63) is 0 Å². The predicted octanol–water partition coefficient (Wildman–Crippen LogP) is 1.67. The van der Waals surface area contributed by atoms with Gasteiger partial charge in [0.05, 0.1) is 0 Å². The lowest BCUT2D eigenvalue weighted by molar-refractivity contribution is -0.134. The molecule has 0 amide bonds. The second-order valence-corrected chi connectivity index (χ2v) is 3.08. The van der Waals surface area contributed by atoms with Crippen LogP contribution in [-0.2, 0) is 9.53 Å². The Morgan fingerprint density at radius 1 is 1.31 bits per heavy atom. The maximum Gasteiger partial charge on any atom is 0.293 e. The number of rotatable bonds is 8. The Morgan fingerprint density at radius 2 is 1.92 bits per heavy atom. The summed E-state index contributed by atoms with van der Waals surface area (Å²) in [7, 11) is 0. The van der Waals surface area contributed by atoms with Gasteiger partial charge in [0.1, 0.15) is 6.10 Å². The highest BCUT2D eigenvalue weighted by molar-refractivity contribution is 5.37. The Morgan fingerprint density at radius 3 is 2.31 bits per heavy atom. The highest BCUT2D eigenvalue weighted by atomic mass is 16.5. The fourth-order valence-electron chi connectivity index (χ4n) is 1.31. The Kier molecular flexibility index (Phi) is 7.69. The van der Waals surface area contributed by atoms with Gasteiger partial charge in [-0.2, -0.15) is 0 Å². The van der Waals surface area contributed by atoms with Gasteiger partial charge < -0.3 is 9.64 Å². The second-order valence-electron chi connectivity index (χ2n) is 3.08. The van der Waals surface area contributed by atoms with E-state index >= 15 is 0 Å². The lowest BCUT2D eigenvalue weighted by Crippen LogP contribution is -2.27. The molecule has 0 saturated carbocycles. The fraction of sp³-hybridized carbons (Fsp3) is 0.900. The smallest absolute Gasteiger partial charge is 0.293 e. The quantitative estimate of drug-likeness (QED) is 0.541. The average molecular weight is 187 g/mol. The minimum Gasteiger partial charge on any atom is -0.465 e. The number of hydrogen-bond donors (Lipinski definition) is 0. The number of hydrogen-bond acceptors (Lipinski definition) is 3. The predicted molar refractivity (Wildman–Crippen MR) is 53.6 cm³/mol. The van der Waals surface area contributed by atoms with Crippen LogP contribution in [0.15, 0.2) is 0 Å². The largest absolute Gasteiger partial charge is 0.465 e. The molecule has 0 heterocycles. The summed E-state index contributed by atoms with van der Waals surface area (Å²) in [6.45, 7) is 10.0. The fourth-order valence-corrected chi connectivity index (χ4v) is 1.31. The van der Waals surface area contributed by atoms with Gasteiger partial charge in [-0.3, -0.25) is 4.79 Å². The first kappa shape index (κ1) is 12.4. The topological polar surface area (TPSA) is 29.5 Å². The summed E-state index contributed by atoms with van der Waals surface area (Å²) < 4.78 is 4.92. The Labute approximate surface area is 81.1 Å². The van der Waals surface area contributed by atoms with Crippen molar-refractivity contribution in [2.75, 3.05) is 19.6 Å². The SMILES string of the molecule is CC[C@H](CCN(CC)CC)OC=O. The Balaban J connectivity index is 3.62. The van der Waals surface area contributed by atoms with Crippen LogP contribution in [0.5, 0.6) is 0 Å². The van der Waals surface area contributed by atoms with E-state index in [4.69, 9.17) is 4.74 Å². The molecule has 0 radical (unpaired) electrons. The minimum absolute atomic E-state index is 0.0955. The van der Waals surface area contributed by atoms with Gasteiger partial charge in [-0.15, -0.1) is 0 Å². The molecule has 13 heavy (non-hydrogen) atoms. The zero-order valence-corrected chi connectivity index (χ0v) is 8.95. The monoisotopic (exact) mass is 187 g/mol. The van der Waals surface area contributed by atoms with E-state index in [9.17, 15) is 4.79 Å². The number of ether oxygens (including phenoxy) is 1.